The zero-order valence-electron chi connectivity index (χ0n) is 12.7. The van der Waals surface area contributed by atoms with Crippen LogP contribution in [-0.4, -0.2) is 37.3 Å². The molecular formula is C17H14O8. The van der Waals surface area contributed by atoms with Crippen LogP contribution in [0.25, 0.3) is 0 Å². The van der Waals surface area contributed by atoms with Gasteiger partial charge in [0.25, 0.3) is 0 Å². The van der Waals surface area contributed by atoms with Gasteiger partial charge in [-0.1, -0.05) is 6.07 Å². The number of carboxylic acid groups (broad SMARTS) is 1. The molecule has 2 aromatic carbocycles. The van der Waals surface area contributed by atoms with E-state index in [-0.39, 0.29) is 28.4 Å². The van der Waals surface area contributed by atoms with E-state index in [9.17, 15) is 30.0 Å². The summed E-state index contributed by atoms with van der Waals surface area (Å²) in [5.41, 5.74) is 0.0617. The monoisotopic (exact) mass is 346 g/mol. The molecule has 8 nitrogen and oxygen atoms in total. The molecule has 0 spiro atoms. The van der Waals surface area contributed by atoms with Crippen molar-refractivity contribution in [2.45, 2.75) is 12.5 Å². The summed E-state index contributed by atoms with van der Waals surface area (Å²) >= 11 is 0. The Hall–Kier alpha value is -3.42. The van der Waals surface area contributed by atoms with Gasteiger partial charge in [-0.25, -0.2) is 0 Å². The molecule has 25 heavy (non-hydrogen) atoms. The Kier molecular flexibility index (Phi) is 3.88. The number of hydrogen-bond acceptors (Lipinski definition) is 7. The van der Waals surface area contributed by atoms with Gasteiger partial charge in [-0.05, 0) is 17.7 Å². The molecule has 0 saturated heterocycles. The van der Waals surface area contributed by atoms with E-state index >= 15 is 0 Å². The van der Waals surface area contributed by atoms with Crippen molar-refractivity contribution in [3.8, 4) is 28.7 Å². The molecule has 0 aliphatic carbocycles. The molecule has 0 aromatic heterocycles. The highest BCUT2D eigenvalue weighted by Crippen LogP contribution is 2.46. The summed E-state index contributed by atoms with van der Waals surface area (Å²) in [4.78, 5) is 23.9. The van der Waals surface area contributed by atoms with Crippen LogP contribution in [0.5, 0.6) is 28.7 Å². The number of carbonyl (C=O) groups excluding carboxylic acids is 1. The Morgan fingerprint density at radius 3 is 2.36 bits per heavy atom. The zero-order valence-corrected chi connectivity index (χ0v) is 12.7. The molecule has 0 amide bonds. The van der Waals surface area contributed by atoms with Crippen LogP contribution >= 0.6 is 0 Å². The number of carboxylic acids is 1. The maximum atomic E-state index is 12.7. The van der Waals surface area contributed by atoms with Crippen LogP contribution in [0.4, 0.5) is 0 Å². The van der Waals surface area contributed by atoms with E-state index in [1.54, 1.807) is 0 Å². The Labute approximate surface area is 141 Å². The van der Waals surface area contributed by atoms with Crippen LogP contribution in [0.15, 0.2) is 30.3 Å². The highest BCUT2D eigenvalue weighted by atomic mass is 16.5. The molecule has 1 aliphatic rings. The van der Waals surface area contributed by atoms with Crippen LogP contribution in [0.1, 0.15) is 28.4 Å². The number of phenols is 4. The maximum Gasteiger partial charge on any atom is 0.304 e. The van der Waals surface area contributed by atoms with Crippen molar-refractivity contribution in [1.29, 1.82) is 0 Å². The maximum absolute atomic E-state index is 12.7. The van der Waals surface area contributed by atoms with E-state index < -0.39 is 41.7 Å². The highest BCUT2D eigenvalue weighted by Gasteiger charge is 2.41. The summed E-state index contributed by atoms with van der Waals surface area (Å²) in [7, 11) is 0. The smallest absolute Gasteiger partial charge is 0.304 e. The fourth-order valence-electron chi connectivity index (χ4n) is 2.87. The second-order valence-electron chi connectivity index (χ2n) is 5.69. The number of carbonyl (C=O) groups is 2. The lowest BCUT2D eigenvalue weighted by atomic mass is 9.83. The minimum atomic E-state index is -1.24. The average Bonchev–Trinajstić information content (AvgIpc) is 2.51. The van der Waals surface area contributed by atoms with Gasteiger partial charge in [-0.15, -0.1) is 0 Å². The fraction of sp³-hybridized carbons (Fsp3) is 0.176. The van der Waals surface area contributed by atoms with E-state index in [1.165, 1.54) is 12.1 Å². The molecule has 0 saturated carbocycles. The van der Waals surface area contributed by atoms with Crippen molar-refractivity contribution in [3.05, 3.63) is 41.5 Å². The lowest BCUT2D eigenvalue weighted by molar-refractivity contribution is -0.138. The number of aromatic hydroxyl groups is 4. The molecule has 1 aliphatic heterocycles. The number of benzene rings is 2. The van der Waals surface area contributed by atoms with Crippen molar-refractivity contribution >= 4 is 11.8 Å². The zero-order chi connectivity index (χ0) is 18.3. The lowest BCUT2D eigenvalue weighted by Crippen LogP contribution is -2.33. The molecular weight excluding hydrogens is 332 g/mol. The predicted octanol–water partition coefficient (Wildman–Crippen LogP) is 1.92. The van der Waals surface area contributed by atoms with Gasteiger partial charge in [0.2, 0.25) is 0 Å². The molecule has 0 bridgehead atoms. The number of Topliss-reactive ketones (excluding diaryl/α,β-unsaturated/α-hetero) is 1. The SMILES string of the molecule is O=C(O)CC1C(=O)c2c(O)cc(O)cc2OC1c1ccc(O)c(O)c1. The van der Waals surface area contributed by atoms with Crippen molar-refractivity contribution < 1.29 is 39.9 Å². The molecule has 3 rings (SSSR count). The highest BCUT2D eigenvalue weighted by molar-refractivity contribution is 6.05. The normalized spacial score (nSPS) is 19.1. The summed E-state index contributed by atoms with van der Waals surface area (Å²) in [6.45, 7) is 0. The molecule has 2 aromatic rings. The second kappa shape index (κ2) is 5.90. The van der Waals surface area contributed by atoms with Gasteiger partial charge in [-0.2, -0.15) is 0 Å². The number of hydrogen-bond donors (Lipinski definition) is 5. The van der Waals surface area contributed by atoms with Gasteiger partial charge in [0.05, 0.1) is 12.3 Å². The summed E-state index contributed by atoms with van der Waals surface area (Å²) < 4.78 is 5.66. The van der Waals surface area contributed by atoms with Crippen molar-refractivity contribution in [2.24, 2.45) is 5.92 Å². The number of aliphatic carboxylic acids is 1. The third-order valence-electron chi connectivity index (χ3n) is 3.99. The Bertz CT molecular complexity index is 873. The van der Waals surface area contributed by atoms with Crippen molar-refractivity contribution in [2.75, 3.05) is 0 Å². The standard InChI is InChI=1S/C17H14O8/c18-8-4-12(21)15-13(5-8)25-17(9(16(15)24)6-14(22)23)7-1-2-10(19)11(20)3-7/h1-5,9,17-21H,6H2,(H,22,23). The van der Waals surface area contributed by atoms with Gasteiger partial charge < -0.3 is 30.3 Å². The molecule has 130 valence electrons. The summed E-state index contributed by atoms with van der Waals surface area (Å²) in [5, 5.41) is 47.7. The van der Waals surface area contributed by atoms with E-state index in [1.807, 2.05) is 0 Å². The first kappa shape index (κ1) is 16.4. The van der Waals surface area contributed by atoms with Crippen LogP contribution < -0.4 is 4.74 Å². The van der Waals surface area contributed by atoms with Gasteiger partial charge in [-0.3, -0.25) is 9.59 Å². The topological polar surface area (TPSA) is 145 Å². The van der Waals surface area contributed by atoms with Crippen molar-refractivity contribution in [3.63, 3.8) is 0 Å². The fourth-order valence-corrected chi connectivity index (χ4v) is 2.87. The molecule has 2 unspecified atom stereocenters. The van der Waals surface area contributed by atoms with E-state index in [0.717, 1.165) is 18.2 Å². The van der Waals surface area contributed by atoms with Crippen LogP contribution in [0.2, 0.25) is 0 Å². The largest absolute Gasteiger partial charge is 0.508 e. The number of rotatable bonds is 3. The quantitative estimate of drug-likeness (QED) is 0.530. The molecule has 1 heterocycles. The third-order valence-corrected chi connectivity index (χ3v) is 3.99. The predicted molar refractivity (Wildman–Crippen MR) is 83.0 cm³/mol. The minimum Gasteiger partial charge on any atom is -0.508 e. The van der Waals surface area contributed by atoms with E-state index in [0.29, 0.717) is 0 Å². The molecule has 0 fully saturated rings. The van der Waals surface area contributed by atoms with Gasteiger partial charge in [0, 0.05) is 12.1 Å². The Morgan fingerprint density at radius 1 is 1.00 bits per heavy atom. The van der Waals surface area contributed by atoms with Gasteiger partial charge >= 0.3 is 5.97 Å². The van der Waals surface area contributed by atoms with Crippen LogP contribution in [0.3, 0.4) is 0 Å². The Balaban J connectivity index is 2.13. The lowest BCUT2D eigenvalue weighted by Gasteiger charge is -2.32. The first-order valence-electron chi connectivity index (χ1n) is 7.28. The average molecular weight is 346 g/mol. The number of ketones is 1. The molecule has 0 radical (unpaired) electrons. The van der Waals surface area contributed by atoms with Gasteiger partial charge in [0.15, 0.2) is 17.3 Å². The second-order valence-corrected chi connectivity index (χ2v) is 5.69. The number of fused-ring (bicyclic) bond motifs is 1. The number of ether oxygens (including phenoxy) is 1. The minimum absolute atomic E-state index is 0.0956. The molecule has 8 heteroatoms. The van der Waals surface area contributed by atoms with Gasteiger partial charge in [0.1, 0.15) is 28.9 Å². The third kappa shape index (κ3) is 2.89. The summed E-state index contributed by atoms with van der Waals surface area (Å²) in [6.07, 6.45) is -1.64. The van der Waals surface area contributed by atoms with Crippen LogP contribution in [0, 0.1) is 5.92 Å². The Morgan fingerprint density at radius 2 is 1.72 bits per heavy atom. The van der Waals surface area contributed by atoms with Crippen LogP contribution in [-0.2, 0) is 4.79 Å². The van der Waals surface area contributed by atoms with E-state index in [2.05, 4.69) is 0 Å². The van der Waals surface area contributed by atoms with Crippen molar-refractivity contribution in [1.82, 2.24) is 0 Å². The molecule has 2 atom stereocenters. The first-order valence-corrected chi connectivity index (χ1v) is 7.28. The van der Waals surface area contributed by atoms with E-state index in [4.69, 9.17) is 9.84 Å². The first-order chi connectivity index (χ1) is 11.8. The summed E-state index contributed by atoms with van der Waals surface area (Å²) in [6, 6.07) is 5.83. The summed E-state index contributed by atoms with van der Waals surface area (Å²) in [5.74, 6) is -4.82. The number of phenolic OH excluding ortho intramolecular Hbond substituents is 4. The molecule has 5 N–H and O–H groups in total.